The summed E-state index contributed by atoms with van der Waals surface area (Å²) in [5.41, 5.74) is 10.8. The van der Waals surface area contributed by atoms with E-state index >= 15 is 0 Å². The summed E-state index contributed by atoms with van der Waals surface area (Å²) in [6.07, 6.45) is -0.469. The topological polar surface area (TPSA) is 141 Å². The van der Waals surface area contributed by atoms with Gasteiger partial charge in [-0.1, -0.05) is 0 Å². The maximum absolute atomic E-state index is 10.9. The molecular weight excluding hydrogens is 226 g/mol. The molecule has 0 aliphatic carbocycles. The summed E-state index contributed by atoms with van der Waals surface area (Å²) < 4.78 is 4.67. The lowest BCUT2D eigenvalue weighted by molar-refractivity contribution is 0.152. The fourth-order valence-corrected chi connectivity index (χ4v) is 1.01. The Bertz CT molecular complexity index is 364. The predicted octanol–water partition coefficient (Wildman–Crippen LogP) is -0.806. The highest BCUT2D eigenvalue weighted by Crippen LogP contribution is 2.02. The third-order valence-electron chi connectivity index (χ3n) is 1.62. The maximum Gasteiger partial charge on any atom is 0.407 e. The third-order valence-corrected chi connectivity index (χ3v) is 1.62. The number of ether oxygens (including phenoxy) is 1. The van der Waals surface area contributed by atoms with E-state index in [2.05, 4.69) is 30.3 Å². The van der Waals surface area contributed by atoms with Crippen molar-refractivity contribution in [2.45, 2.75) is 6.92 Å². The van der Waals surface area contributed by atoms with Gasteiger partial charge >= 0.3 is 6.09 Å². The van der Waals surface area contributed by atoms with E-state index in [1.807, 2.05) is 0 Å². The fourth-order valence-electron chi connectivity index (χ4n) is 1.01. The molecule has 17 heavy (non-hydrogen) atoms. The molecule has 0 aliphatic heterocycles. The number of nitrogen functional groups attached to an aromatic ring is 2. The fraction of sp³-hybridized carbons (Fsp3) is 0.500. The number of aromatic nitrogens is 3. The number of hydrogen-bond donors (Lipinski definition) is 4. The highest BCUT2D eigenvalue weighted by molar-refractivity contribution is 5.67. The number of carbonyl (C=O) groups excluding carboxylic acids is 1. The lowest BCUT2D eigenvalue weighted by Gasteiger charge is -2.07. The standard InChI is InChI=1S/C8H15N7O2/c1-2-17-8(16)12-4-3-11-7-14-5(9)13-6(10)15-7/h2-4H2,1H3,(H,12,16)(H5,9,10,11,13,14,15). The Hall–Kier alpha value is -2.32. The minimum absolute atomic E-state index is 0.0401. The molecule has 0 unspecified atom stereocenters. The van der Waals surface area contributed by atoms with Gasteiger partial charge in [-0.25, -0.2) is 4.79 Å². The molecule has 1 amide bonds. The number of alkyl carbamates (subject to hydrolysis) is 1. The summed E-state index contributed by atoms with van der Waals surface area (Å²) in [6.45, 7) is 2.85. The molecule has 9 nitrogen and oxygen atoms in total. The van der Waals surface area contributed by atoms with Gasteiger partial charge in [0.15, 0.2) is 0 Å². The van der Waals surface area contributed by atoms with E-state index in [1.165, 1.54) is 0 Å². The zero-order valence-electron chi connectivity index (χ0n) is 9.43. The monoisotopic (exact) mass is 241 g/mol. The number of anilines is 3. The number of amides is 1. The molecule has 94 valence electrons. The van der Waals surface area contributed by atoms with Crippen LogP contribution in [0, 0.1) is 0 Å². The van der Waals surface area contributed by atoms with Crippen molar-refractivity contribution in [2.75, 3.05) is 36.5 Å². The van der Waals surface area contributed by atoms with E-state index in [0.717, 1.165) is 0 Å². The van der Waals surface area contributed by atoms with E-state index in [-0.39, 0.29) is 17.8 Å². The van der Waals surface area contributed by atoms with Crippen LogP contribution in [0.3, 0.4) is 0 Å². The van der Waals surface area contributed by atoms with E-state index in [0.29, 0.717) is 19.7 Å². The summed E-state index contributed by atoms with van der Waals surface area (Å²) in [7, 11) is 0. The van der Waals surface area contributed by atoms with Gasteiger partial charge in [0.2, 0.25) is 17.8 Å². The first-order valence-corrected chi connectivity index (χ1v) is 5.03. The van der Waals surface area contributed by atoms with Gasteiger partial charge in [0, 0.05) is 13.1 Å². The summed E-state index contributed by atoms with van der Waals surface area (Å²) in [6, 6.07) is 0. The molecule has 0 saturated carbocycles. The molecule has 1 aromatic heterocycles. The summed E-state index contributed by atoms with van der Waals surface area (Å²) in [5.74, 6) is 0.345. The van der Waals surface area contributed by atoms with Gasteiger partial charge < -0.3 is 26.8 Å². The van der Waals surface area contributed by atoms with Crippen LogP contribution in [0.25, 0.3) is 0 Å². The van der Waals surface area contributed by atoms with E-state index in [4.69, 9.17) is 11.5 Å². The van der Waals surface area contributed by atoms with E-state index in [9.17, 15) is 4.79 Å². The lowest BCUT2D eigenvalue weighted by atomic mass is 10.6. The summed E-state index contributed by atoms with van der Waals surface area (Å²) in [4.78, 5) is 22.2. The van der Waals surface area contributed by atoms with Crippen LogP contribution in [0.2, 0.25) is 0 Å². The number of nitrogens with one attached hydrogen (secondary N) is 2. The van der Waals surface area contributed by atoms with Crippen molar-refractivity contribution < 1.29 is 9.53 Å². The molecule has 0 aliphatic rings. The van der Waals surface area contributed by atoms with Gasteiger partial charge in [-0.15, -0.1) is 0 Å². The number of hydrogen-bond acceptors (Lipinski definition) is 8. The number of carbonyl (C=O) groups is 1. The first-order valence-electron chi connectivity index (χ1n) is 5.03. The van der Waals surface area contributed by atoms with Crippen molar-refractivity contribution in [2.24, 2.45) is 0 Å². The van der Waals surface area contributed by atoms with Crippen LogP contribution >= 0.6 is 0 Å². The molecule has 1 heterocycles. The molecule has 0 fully saturated rings. The quantitative estimate of drug-likeness (QED) is 0.490. The van der Waals surface area contributed by atoms with Crippen molar-refractivity contribution in [3.8, 4) is 0 Å². The Balaban J connectivity index is 2.28. The molecule has 0 radical (unpaired) electrons. The normalized spacial score (nSPS) is 9.71. The zero-order valence-corrected chi connectivity index (χ0v) is 9.43. The van der Waals surface area contributed by atoms with Crippen molar-refractivity contribution in [3.63, 3.8) is 0 Å². The smallest absolute Gasteiger partial charge is 0.407 e. The first kappa shape index (κ1) is 12.7. The zero-order chi connectivity index (χ0) is 12.7. The first-order chi connectivity index (χ1) is 8.11. The maximum atomic E-state index is 10.9. The van der Waals surface area contributed by atoms with Gasteiger partial charge in [0.25, 0.3) is 0 Å². The Morgan fingerprint density at radius 2 is 1.88 bits per heavy atom. The Labute approximate surface area is 98.0 Å². The van der Waals surface area contributed by atoms with Gasteiger partial charge in [0.05, 0.1) is 6.61 Å². The van der Waals surface area contributed by atoms with Gasteiger partial charge in [0.1, 0.15) is 0 Å². The number of nitrogens with two attached hydrogens (primary N) is 2. The van der Waals surface area contributed by atoms with E-state index < -0.39 is 6.09 Å². The Morgan fingerprint density at radius 3 is 2.47 bits per heavy atom. The minimum Gasteiger partial charge on any atom is -0.450 e. The highest BCUT2D eigenvalue weighted by Gasteiger charge is 2.02. The average Bonchev–Trinajstić information content (AvgIpc) is 2.23. The van der Waals surface area contributed by atoms with Crippen LogP contribution in [0.4, 0.5) is 22.6 Å². The van der Waals surface area contributed by atoms with Gasteiger partial charge in [-0.05, 0) is 6.92 Å². The molecule has 0 saturated heterocycles. The number of nitrogens with zero attached hydrogens (tertiary/aromatic N) is 3. The van der Waals surface area contributed by atoms with E-state index in [1.54, 1.807) is 6.92 Å². The second-order valence-electron chi connectivity index (χ2n) is 2.95. The molecule has 0 bridgehead atoms. The SMILES string of the molecule is CCOC(=O)NCCNc1nc(N)nc(N)n1. The lowest BCUT2D eigenvalue weighted by Crippen LogP contribution is -2.29. The minimum atomic E-state index is -0.469. The molecule has 0 spiro atoms. The van der Waals surface area contributed by atoms with Crippen LogP contribution < -0.4 is 22.1 Å². The van der Waals surface area contributed by atoms with Crippen LogP contribution in [-0.2, 0) is 4.74 Å². The van der Waals surface area contributed by atoms with Crippen molar-refractivity contribution in [1.82, 2.24) is 20.3 Å². The third kappa shape index (κ3) is 4.82. The van der Waals surface area contributed by atoms with Crippen molar-refractivity contribution in [1.29, 1.82) is 0 Å². The Morgan fingerprint density at radius 1 is 1.24 bits per heavy atom. The largest absolute Gasteiger partial charge is 0.450 e. The van der Waals surface area contributed by atoms with Crippen molar-refractivity contribution >= 4 is 23.9 Å². The van der Waals surface area contributed by atoms with Crippen LogP contribution in [0.1, 0.15) is 6.92 Å². The molecule has 1 aromatic rings. The van der Waals surface area contributed by atoms with Gasteiger partial charge in [-0.3, -0.25) is 0 Å². The predicted molar refractivity (Wildman–Crippen MR) is 62.2 cm³/mol. The molecule has 9 heteroatoms. The second kappa shape index (κ2) is 6.30. The molecule has 1 rings (SSSR count). The molecule has 6 N–H and O–H groups in total. The van der Waals surface area contributed by atoms with Crippen molar-refractivity contribution in [3.05, 3.63) is 0 Å². The van der Waals surface area contributed by atoms with Gasteiger partial charge in [-0.2, -0.15) is 15.0 Å². The summed E-state index contributed by atoms with van der Waals surface area (Å²) >= 11 is 0. The second-order valence-corrected chi connectivity index (χ2v) is 2.95. The molecule has 0 atom stereocenters. The number of rotatable bonds is 5. The van der Waals surface area contributed by atoms with Crippen LogP contribution in [0.15, 0.2) is 0 Å². The summed E-state index contributed by atoms with van der Waals surface area (Å²) in [5, 5.41) is 5.36. The average molecular weight is 241 g/mol. The molecular formula is C8H15N7O2. The van der Waals surface area contributed by atoms with Crippen LogP contribution in [-0.4, -0.2) is 40.7 Å². The van der Waals surface area contributed by atoms with Crippen LogP contribution in [0.5, 0.6) is 0 Å². The molecule has 0 aromatic carbocycles. The highest BCUT2D eigenvalue weighted by atomic mass is 16.5. The Kier molecular flexibility index (Phi) is 4.73.